The van der Waals surface area contributed by atoms with Gasteiger partial charge >= 0.3 is 0 Å². The van der Waals surface area contributed by atoms with Crippen molar-refractivity contribution < 1.29 is 24.8 Å². The van der Waals surface area contributed by atoms with Crippen molar-refractivity contribution in [1.82, 2.24) is 0 Å². The summed E-state index contributed by atoms with van der Waals surface area (Å²) in [6.45, 7) is 1.98. The smallest absolute Gasteiger partial charge is 0.160 e. The number of aliphatic hydroxyl groups excluding tert-OH is 3. The van der Waals surface area contributed by atoms with Crippen molar-refractivity contribution in [3.63, 3.8) is 0 Å². The van der Waals surface area contributed by atoms with Crippen molar-refractivity contribution in [2.24, 2.45) is 0 Å². The Labute approximate surface area is 164 Å². The predicted molar refractivity (Wildman–Crippen MR) is 107 cm³/mol. The van der Waals surface area contributed by atoms with Crippen molar-refractivity contribution in [3.8, 4) is 0 Å². The summed E-state index contributed by atoms with van der Waals surface area (Å²) in [5.74, 6) is 0. The van der Waals surface area contributed by atoms with Gasteiger partial charge in [0.15, 0.2) is 11.2 Å². The minimum Gasteiger partial charge on any atom is -0.479 e. The van der Waals surface area contributed by atoms with Crippen molar-refractivity contribution in [1.29, 1.82) is 0 Å². The van der Waals surface area contributed by atoms with Gasteiger partial charge in [0.05, 0.1) is 13.2 Å². The van der Waals surface area contributed by atoms with Gasteiger partial charge in [-0.15, -0.1) is 0 Å². The van der Waals surface area contributed by atoms with Gasteiger partial charge in [-0.2, -0.15) is 0 Å². The lowest BCUT2D eigenvalue weighted by atomic mass is 10.1. The molecule has 1 saturated heterocycles. The SMILES string of the molecule is CCCCCCCCCCCCCC(=S)O[C@H]1CO[C@H]([C@H](O)CO)[C@@H]1O. The second kappa shape index (κ2) is 14.7. The van der Waals surface area contributed by atoms with Gasteiger partial charge in [0.25, 0.3) is 0 Å². The third-order valence-electron chi connectivity index (χ3n) is 5.00. The summed E-state index contributed by atoms with van der Waals surface area (Å²) in [5.41, 5.74) is 0. The molecule has 0 aromatic heterocycles. The summed E-state index contributed by atoms with van der Waals surface area (Å²) in [4.78, 5) is 0. The van der Waals surface area contributed by atoms with Crippen molar-refractivity contribution in [3.05, 3.63) is 0 Å². The van der Waals surface area contributed by atoms with Gasteiger partial charge in [-0.3, -0.25) is 0 Å². The van der Waals surface area contributed by atoms with Gasteiger partial charge in [0.1, 0.15) is 18.3 Å². The minimum absolute atomic E-state index is 0.182. The first-order chi connectivity index (χ1) is 12.6. The Hall–Kier alpha value is -0.270. The van der Waals surface area contributed by atoms with Crippen LogP contribution in [0.2, 0.25) is 0 Å². The first kappa shape index (κ1) is 23.8. The van der Waals surface area contributed by atoms with E-state index >= 15 is 0 Å². The molecule has 1 fully saturated rings. The molecular formula is C20H38O5S. The Bertz CT molecular complexity index is 366. The van der Waals surface area contributed by atoms with Crippen molar-refractivity contribution in [2.45, 2.75) is 108 Å². The summed E-state index contributed by atoms with van der Waals surface area (Å²) in [6.07, 6.45) is 11.4. The second-order valence-electron chi connectivity index (χ2n) is 7.35. The molecule has 0 aromatic carbocycles. The van der Waals surface area contributed by atoms with E-state index in [1.807, 2.05) is 0 Å². The van der Waals surface area contributed by atoms with E-state index < -0.39 is 31.0 Å². The van der Waals surface area contributed by atoms with Crippen LogP contribution in [0.15, 0.2) is 0 Å². The maximum Gasteiger partial charge on any atom is 0.160 e. The van der Waals surface area contributed by atoms with Gasteiger partial charge in [0, 0.05) is 6.42 Å². The Morgan fingerprint density at radius 3 is 2.12 bits per heavy atom. The summed E-state index contributed by atoms with van der Waals surface area (Å²) >= 11 is 5.25. The van der Waals surface area contributed by atoms with Gasteiger partial charge < -0.3 is 24.8 Å². The lowest BCUT2D eigenvalue weighted by Crippen LogP contribution is -2.41. The fraction of sp³-hybridized carbons (Fsp3) is 0.950. The van der Waals surface area contributed by atoms with Crippen LogP contribution in [0.25, 0.3) is 0 Å². The molecule has 1 aliphatic heterocycles. The van der Waals surface area contributed by atoms with Crippen LogP contribution in [0, 0.1) is 0 Å². The number of ether oxygens (including phenoxy) is 2. The first-order valence-electron chi connectivity index (χ1n) is 10.4. The number of thiocarbonyl (C=S) groups is 1. The van der Waals surface area contributed by atoms with Crippen LogP contribution < -0.4 is 0 Å². The molecule has 0 bridgehead atoms. The fourth-order valence-corrected chi connectivity index (χ4v) is 3.59. The summed E-state index contributed by atoms with van der Waals surface area (Å²) in [6, 6.07) is 0. The van der Waals surface area contributed by atoms with Crippen LogP contribution in [0.4, 0.5) is 0 Å². The zero-order chi connectivity index (χ0) is 19.2. The zero-order valence-corrected chi connectivity index (χ0v) is 17.1. The average molecular weight is 391 g/mol. The molecule has 0 spiro atoms. The Morgan fingerprint density at radius 2 is 1.58 bits per heavy atom. The summed E-state index contributed by atoms with van der Waals surface area (Å²) in [7, 11) is 0. The van der Waals surface area contributed by atoms with Crippen LogP contribution in [0.1, 0.15) is 84.0 Å². The Balaban J connectivity index is 1.97. The molecule has 1 heterocycles. The maximum absolute atomic E-state index is 10.1. The van der Waals surface area contributed by atoms with Crippen molar-refractivity contribution in [2.75, 3.05) is 13.2 Å². The highest BCUT2D eigenvalue weighted by atomic mass is 32.1. The van der Waals surface area contributed by atoms with Crippen LogP contribution in [-0.2, 0) is 9.47 Å². The average Bonchev–Trinajstić information content (AvgIpc) is 2.99. The highest BCUT2D eigenvalue weighted by Gasteiger charge is 2.41. The molecule has 4 atom stereocenters. The molecule has 0 aliphatic carbocycles. The van der Waals surface area contributed by atoms with E-state index in [0.717, 1.165) is 12.8 Å². The first-order valence-corrected chi connectivity index (χ1v) is 10.8. The molecular weight excluding hydrogens is 352 g/mol. The lowest BCUT2D eigenvalue weighted by molar-refractivity contribution is -0.0679. The Kier molecular flexibility index (Phi) is 13.5. The minimum atomic E-state index is -1.10. The zero-order valence-electron chi connectivity index (χ0n) is 16.3. The number of hydrogen-bond donors (Lipinski definition) is 3. The fourth-order valence-electron chi connectivity index (χ4n) is 3.32. The molecule has 3 N–H and O–H groups in total. The highest BCUT2D eigenvalue weighted by Crippen LogP contribution is 2.21. The number of hydrogen-bond acceptors (Lipinski definition) is 6. The quantitative estimate of drug-likeness (QED) is 0.293. The summed E-state index contributed by atoms with van der Waals surface area (Å²) in [5, 5.41) is 29.1. The van der Waals surface area contributed by atoms with E-state index in [1.165, 1.54) is 57.8 Å². The van der Waals surface area contributed by atoms with Gasteiger partial charge in [-0.05, 0) is 18.6 Å². The lowest BCUT2D eigenvalue weighted by Gasteiger charge is -2.21. The molecule has 154 valence electrons. The summed E-state index contributed by atoms with van der Waals surface area (Å²) < 4.78 is 10.9. The number of aliphatic hydroxyl groups is 3. The molecule has 0 aromatic rings. The molecule has 6 heteroatoms. The van der Waals surface area contributed by atoms with Gasteiger partial charge in [-0.25, -0.2) is 0 Å². The number of unbranched alkanes of at least 4 members (excludes halogenated alkanes) is 10. The van der Waals surface area contributed by atoms with E-state index in [0.29, 0.717) is 11.5 Å². The van der Waals surface area contributed by atoms with Crippen LogP contribution >= 0.6 is 12.2 Å². The normalized spacial score (nSPS) is 23.9. The van der Waals surface area contributed by atoms with E-state index in [2.05, 4.69) is 6.92 Å². The van der Waals surface area contributed by atoms with Crippen LogP contribution in [0.5, 0.6) is 0 Å². The molecule has 5 nitrogen and oxygen atoms in total. The molecule has 0 radical (unpaired) electrons. The van der Waals surface area contributed by atoms with Crippen LogP contribution in [0.3, 0.4) is 0 Å². The number of rotatable bonds is 15. The largest absolute Gasteiger partial charge is 0.479 e. The molecule has 0 saturated carbocycles. The predicted octanol–water partition coefficient (Wildman–Crippen LogP) is 3.51. The third-order valence-corrected chi connectivity index (χ3v) is 5.30. The molecule has 1 aliphatic rings. The molecule has 1 rings (SSSR count). The van der Waals surface area contributed by atoms with Crippen molar-refractivity contribution >= 4 is 17.3 Å². The third kappa shape index (κ3) is 9.60. The standard InChI is InChI=1S/C20H38O5S/c1-2-3-4-5-6-7-8-9-10-11-12-13-18(26)25-17-15-24-20(19(17)23)16(22)14-21/h16-17,19-23H,2-15H2,1H3/t16-,17+,19-,20-/m1/s1. The van der Waals surface area contributed by atoms with E-state index in [1.54, 1.807) is 0 Å². The molecule has 0 unspecified atom stereocenters. The Morgan fingerprint density at radius 1 is 1.04 bits per heavy atom. The topological polar surface area (TPSA) is 79.2 Å². The van der Waals surface area contributed by atoms with Gasteiger partial charge in [-0.1, -0.05) is 71.1 Å². The van der Waals surface area contributed by atoms with Crippen LogP contribution in [-0.4, -0.2) is 58.0 Å². The second-order valence-corrected chi connectivity index (χ2v) is 7.81. The monoisotopic (exact) mass is 390 g/mol. The molecule has 26 heavy (non-hydrogen) atoms. The molecule has 0 amide bonds. The highest BCUT2D eigenvalue weighted by molar-refractivity contribution is 7.80. The van der Waals surface area contributed by atoms with Gasteiger partial charge in [0.2, 0.25) is 0 Å². The van der Waals surface area contributed by atoms with E-state index in [4.69, 9.17) is 26.8 Å². The van der Waals surface area contributed by atoms with E-state index in [9.17, 15) is 10.2 Å². The maximum atomic E-state index is 10.1. The van der Waals surface area contributed by atoms with E-state index in [-0.39, 0.29) is 6.61 Å².